The molecule has 0 saturated carbocycles. The average molecular weight is 228 g/mol. The molecule has 0 bridgehead atoms. The van der Waals surface area contributed by atoms with Crippen LogP contribution in [0.1, 0.15) is 21.7 Å². The van der Waals surface area contributed by atoms with Crippen molar-refractivity contribution >= 4 is 6.29 Å². The Kier molecular flexibility index (Phi) is 3.45. The lowest BCUT2D eigenvalue weighted by Gasteiger charge is -2.07. The number of aromatic nitrogens is 2. The van der Waals surface area contributed by atoms with Crippen molar-refractivity contribution in [3.8, 4) is 5.75 Å². The van der Waals surface area contributed by atoms with Gasteiger partial charge < -0.3 is 4.74 Å². The second-order valence-corrected chi connectivity index (χ2v) is 3.59. The zero-order valence-electron chi connectivity index (χ0n) is 9.46. The molecule has 0 fully saturated rings. The third kappa shape index (κ3) is 2.87. The number of rotatable bonds is 4. The van der Waals surface area contributed by atoms with Crippen LogP contribution in [0.15, 0.2) is 36.7 Å². The van der Waals surface area contributed by atoms with Crippen molar-refractivity contribution in [2.24, 2.45) is 0 Å². The quantitative estimate of drug-likeness (QED) is 0.752. The van der Waals surface area contributed by atoms with Gasteiger partial charge in [-0.1, -0.05) is 6.07 Å². The monoisotopic (exact) mass is 228 g/mol. The Labute approximate surface area is 99.3 Å². The number of aryl methyl sites for hydroxylation is 1. The minimum Gasteiger partial charge on any atom is -0.486 e. The number of carbonyl (C=O) groups is 1. The zero-order chi connectivity index (χ0) is 12.1. The Morgan fingerprint density at radius 3 is 2.82 bits per heavy atom. The maximum atomic E-state index is 10.4. The number of hydrogen-bond donors (Lipinski definition) is 0. The molecule has 0 saturated heterocycles. The van der Waals surface area contributed by atoms with E-state index < -0.39 is 0 Å². The molecule has 0 atom stereocenters. The Morgan fingerprint density at radius 1 is 1.29 bits per heavy atom. The number of hydrogen-bond acceptors (Lipinski definition) is 4. The van der Waals surface area contributed by atoms with Gasteiger partial charge in [-0.05, 0) is 30.7 Å². The highest BCUT2D eigenvalue weighted by atomic mass is 16.5. The molecule has 2 aromatic heterocycles. The van der Waals surface area contributed by atoms with Gasteiger partial charge in [0.25, 0.3) is 0 Å². The van der Waals surface area contributed by atoms with E-state index in [1.807, 2.05) is 19.1 Å². The zero-order valence-corrected chi connectivity index (χ0v) is 9.46. The molecule has 2 heterocycles. The molecule has 0 aliphatic heterocycles. The second kappa shape index (κ2) is 5.21. The molecule has 4 heteroatoms. The molecule has 0 aliphatic carbocycles. The average Bonchev–Trinajstić information content (AvgIpc) is 2.38. The molecule has 0 radical (unpaired) electrons. The molecule has 0 spiro atoms. The lowest BCUT2D eigenvalue weighted by molar-refractivity contribution is 0.111. The maximum Gasteiger partial charge on any atom is 0.168 e. The summed E-state index contributed by atoms with van der Waals surface area (Å²) < 4.78 is 5.53. The van der Waals surface area contributed by atoms with E-state index in [9.17, 15) is 4.79 Å². The van der Waals surface area contributed by atoms with Crippen molar-refractivity contribution in [3.63, 3.8) is 0 Å². The molecule has 86 valence electrons. The van der Waals surface area contributed by atoms with Crippen molar-refractivity contribution in [1.82, 2.24) is 9.97 Å². The van der Waals surface area contributed by atoms with Crippen molar-refractivity contribution in [2.75, 3.05) is 0 Å². The predicted molar refractivity (Wildman–Crippen MR) is 62.9 cm³/mol. The summed E-state index contributed by atoms with van der Waals surface area (Å²) in [5.74, 6) is 0.626. The van der Waals surface area contributed by atoms with Crippen LogP contribution < -0.4 is 4.74 Å². The summed E-state index contributed by atoms with van der Waals surface area (Å²) in [6, 6.07) is 7.21. The molecular weight excluding hydrogens is 216 g/mol. The van der Waals surface area contributed by atoms with E-state index >= 15 is 0 Å². The van der Waals surface area contributed by atoms with Crippen LogP contribution in [0.3, 0.4) is 0 Å². The lowest BCUT2D eigenvalue weighted by Crippen LogP contribution is -2.00. The Hall–Kier alpha value is -2.23. The minimum absolute atomic E-state index is 0.395. The highest BCUT2D eigenvalue weighted by Gasteiger charge is 2.00. The van der Waals surface area contributed by atoms with Gasteiger partial charge in [0, 0.05) is 6.20 Å². The smallest absolute Gasteiger partial charge is 0.168 e. The summed E-state index contributed by atoms with van der Waals surface area (Å²) in [6.07, 6.45) is 3.97. The van der Waals surface area contributed by atoms with E-state index in [0.717, 1.165) is 11.3 Å². The summed E-state index contributed by atoms with van der Waals surface area (Å²) in [5, 5.41) is 0. The fourth-order valence-corrected chi connectivity index (χ4v) is 1.37. The van der Waals surface area contributed by atoms with Gasteiger partial charge in [-0.3, -0.25) is 9.78 Å². The predicted octanol–water partition coefficient (Wildman–Crippen LogP) is 2.18. The van der Waals surface area contributed by atoms with Gasteiger partial charge in [-0.2, -0.15) is 0 Å². The highest BCUT2D eigenvalue weighted by molar-refractivity contribution is 5.71. The van der Waals surface area contributed by atoms with E-state index in [0.29, 0.717) is 24.3 Å². The summed E-state index contributed by atoms with van der Waals surface area (Å²) in [4.78, 5) is 18.6. The van der Waals surface area contributed by atoms with Crippen LogP contribution in [0.25, 0.3) is 0 Å². The van der Waals surface area contributed by atoms with Gasteiger partial charge in [0.15, 0.2) is 6.29 Å². The van der Waals surface area contributed by atoms with Gasteiger partial charge in [0.2, 0.25) is 0 Å². The number of carbonyl (C=O) groups excluding carboxylic acids is 1. The first-order chi connectivity index (χ1) is 8.29. The van der Waals surface area contributed by atoms with Crippen LogP contribution in [0, 0.1) is 6.92 Å². The fraction of sp³-hybridized carbons (Fsp3) is 0.154. The Morgan fingerprint density at radius 2 is 2.18 bits per heavy atom. The largest absolute Gasteiger partial charge is 0.486 e. The van der Waals surface area contributed by atoms with Crippen LogP contribution in [0.5, 0.6) is 5.75 Å². The molecular formula is C13H12N2O2. The first-order valence-corrected chi connectivity index (χ1v) is 5.24. The number of ether oxygens (including phenoxy) is 1. The normalized spacial score (nSPS) is 9.94. The van der Waals surface area contributed by atoms with Gasteiger partial charge in [0.05, 0.1) is 11.9 Å². The van der Waals surface area contributed by atoms with E-state index in [1.54, 1.807) is 18.3 Å². The first-order valence-electron chi connectivity index (χ1n) is 5.24. The summed E-state index contributed by atoms with van der Waals surface area (Å²) in [6.45, 7) is 2.38. The number of nitrogens with zero attached hydrogens (tertiary/aromatic N) is 2. The molecule has 2 aromatic rings. The SMILES string of the molecule is Cc1cccnc1COc1ccc(C=O)nc1. The molecule has 2 rings (SSSR count). The molecule has 0 amide bonds. The van der Waals surface area contributed by atoms with E-state index in [2.05, 4.69) is 9.97 Å². The third-order valence-corrected chi connectivity index (χ3v) is 2.37. The van der Waals surface area contributed by atoms with E-state index in [4.69, 9.17) is 4.74 Å². The topological polar surface area (TPSA) is 52.1 Å². The van der Waals surface area contributed by atoms with Gasteiger partial charge >= 0.3 is 0 Å². The van der Waals surface area contributed by atoms with Crippen molar-refractivity contribution < 1.29 is 9.53 Å². The van der Waals surface area contributed by atoms with Crippen LogP contribution in [0.4, 0.5) is 0 Å². The molecule has 0 aliphatic rings. The Balaban J connectivity index is 2.02. The van der Waals surface area contributed by atoms with Gasteiger partial charge in [0.1, 0.15) is 18.1 Å². The number of aldehydes is 1. The Bertz CT molecular complexity index is 509. The van der Waals surface area contributed by atoms with Crippen LogP contribution in [-0.4, -0.2) is 16.3 Å². The third-order valence-electron chi connectivity index (χ3n) is 2.37. The van der Waals surface area contributed by atoms with E-state index in [-0.39, 0.29) is 0 Å². The standard InChI is InChI=1S/C13H12N2O2/c1-10-3-2-6-14-13(10)9-17-12-5-4-11(8-16)15-7-12/h2-8H,9H2,1H3. The summed E-state index contributed by atoms with van der Waals surface area (Å²) in [7, 11) is 0. The highest BCUT2D eigenvalue weighted by Crippen LogP contribution is 2.12. The molecule has 0 N–H and O–H groups in total. The summed E-state index contributed by atoms with van der Waals surface area (Å²) in [5.41, 5.74) is 2.38. The van der Waals surface area contributed by atoms with Crippen molar-refractivity contribution in [3.05, 3.63) is 53.6 Å². The second-order valence-electron chi connectivity index (χ2n) is 3.59. The molecule has 0 aromatic carbocycles. The summed E-state index contributed by atoms with van der Waals surface area (Å²) >= 11 is 0. The molecule has 17 heavy (non-hydrogen) atoms. The molecule has 4 nitrogen and oxygen atoms in total. The van der Waals surface area contributed by atoms with Crippen molar-refractivity contribution in [1.29, 1.82) is 0 Å². The van der Waals surface area contributed by atoms with Crippen molar-refractivity contribution in [2.45, 2.75) is 13.5 Å². The fourth-order valence-electron chi connectivity index (χ4n) is 1.37. The van der Waals surface area contributed by atoms with Gasteiger partial charge in [-0.25, -0.2) is 4.98 Å². The van der Waals surface area contributed by atoms with Crippen LogP contribution in [-0.2, 0) is 6.61 Å². The van der Waals surface area contributed by atoms with Crippen LogP contribution >= 0.6 is 0 Å². The van der Waals surface area contributed by atoms with Gasteiger partial charge in [-0.15, -0.1) is 0 Å². The minimum atomic E-state index is 0.395. The van der Waals surface area contributed by atoms with E-state index in [1.165, 1.54) is 6.20 Å². The van der Waals surface area contributed by atoms with Crippen LogP contribution in [0.2, 0.25) is 0 Å². The molecule has 0 unspecified atom stereocenters. The first kappa shape index (κ1) is 11.3. The maximum absolute atomic E-state index is 10.4. The lowest BCUT2D eigenvalue weighted by atomic mass is 10.2. The number of pyridine rings is 2.